The summed E-state index contributed by atoms with van der Waals surface area (Å²) in [6, 6.07) is 32.3. The fourth-order valence-corrected chi connectivity index (χ4v) is 10.2. The molecule has 15 nitrogen and oxygen atoms in total. The first kappa shape index (κ1) is 63.9. The first-order valence-electron chi connectivity index (χ1n) is 25.5. The van der Waals surface area contributed by atoms with Gasteiger partial charge in [-0.3, -0.25) is 14.4 Å². The highest BCUT2D eigenvalue weighted by molar-refractivity contribution is 14.1. The molecule has 5 aliphatic rings. The fourth-order valence-electron chi connectivity index (χ4n) is 10.2. The van der Waals surface area contributed by atoms with E-state index in [0.717, 1.165) is 59.9 Å². The van der Waals surface area contributed by atoms with E-state index in [1.807, 2.05) is 26.0 Å². The maximum atomic E-state index is 12.0. The lowest BCUT2D eigenvalue weighted by Crippen LogP contribution is -2.55. The van der Waals surface area contributed by atoms with Crippen LogP contribution in [0.1, 0.15) is 165 Å². The summed E-state index contributed by atoms with van der Waals surface area (Å²) in [6.07, 6.45) is 2.66. The molecule has 4 aromatic rings. The van der Waals surface area contributed by atoms with Gasteiger partial charge in [-0.05, 0) is 126 Å². The number of hydrogen-bond acceptors (Lipinski definition) is 13. The number of esters is 2. The minimum Gasteiger partial charge on any atom is -0.481 e. The van der Waals surface area contributed by atoms with Crippen molar-refractivity contribution >= 4 is 65.0 Å². The van der Waals surface area contributed by atoms with Gasteiger partial charge in [-0.2, -0.15) is 13.4 Å². The quantitative estimate of drug-likeness (QED) is 0.0617. The second-order valence-electron chi connectivity index (χ2n) is 20.0. The molecule has 3 saturated carbocycles. The van der Waals surface area contributed by atoms with Gasteiger partial charge in [-0.1, -0.05) is 99.5 Å². The minimum absolute atomic E-state index is 0. The summed E-state index contributed by atoms with van der Waals surface area (Å²) >= 11 is 0.650. The number of carboxylic acids is 1. The molecule has 0 bridgehead atoms. The predicted octanol–water partition coefficient (Wildman–Crippen LogP) is 9.28. The molecule has 0 aromatic heterocycles. The van der Waals surface area contributed by atoms with Crippen LogP contribution in [0.3, 0.4) is 0 Å². The second kappa shape index (κ2) is 30.5. The third kappa shape index (κ3) is 16.9. The van der Waals surface area contributed by atoms with E-state index in [1.54, 1.807) is 24.3 Å². The Hall–Kier alpha value is -4.62. The number of carbonyl (C=O) groups excluding carboxylic acids is 2. The van der Waals surface area contributed by atoms with Crippen LogP contribution in [0.2, 0.25) is 0 Å². The third-order valence-electron chi connectivity index (χ3n) is 14.7. The zero-order valence-electron chi connectivity index (χ0n) is 43.2. The van der Waals surface area contributed by atoms with Gasteiger partial charge >= 0.3 is 17.9 Å². The largest absolute Gasteiger partial charge is 0.481 e. The van der Waals surface area contributed by atoms with E-state index in [-0.39, 0.29) is 47.4 Å². The summed E-state index contributed by atoms with van der Waals surface area (Å²) in [5.74, 6) is -0.280. The molecule has 7 N–H and O–H groups in total. The van der Waals surface area contributed by atoms with Crippen molar-refractivity contribution in [1.29, 1.82) is 10.5 Å². The molecular weight excluding hydrogens is 1210 g/mol. The van der Waals surface area contributed by atoms with Crippen molar-refractivity contribution in [3.8, 4) is 12.1 Å². The molecule has 0 radical (unpaired) electrons. The number of aliphatic carboxylic acids is 1. The molecule has 0 spiro atoms. The van der Waals surface area contributed by atoms with E-state index in [1.165, 1.54) is 50.7 Å². The molecule has 0 amide bonds. The van der Waals surface area contributed by atoms with Crippen LogP contribution in [0.4, 0.5) is 2.86 Å². The number of rotatable bonds is 13. The molecular formula is C58H71FI2N2O13. The molecule has 2 saturated heterocycles. The van der Waals surface area contributed by atoms with Crippen molar-refractivity contribution in [3.05, 3.63) is 141 Å². The monoisotopic (exact) mass is 1280 g/mol. The van der Waals surface area contributed by atoms with Gasteiger partial charge in [-0.25, -0.2) is 0 Å². The maximum Gasteiger partial charge on any atom is 0.306 e. The highest BCUT2D eigenvalue weighted by Crippen LogP contribution is 2.43. The van der Waals surface area contributed by atoms with E-state index in [4.69, 9.17) is 24.1 Å². The Morgan fingerprint density at radius 2 is 1.07 bits per heavy atom. The van der Waals surface area contributed by atoms with Gasteiger partial charge in [0.25, 0.3) is 0 Å². The lowest BCUT2D eigenvalue weighted by Gasteiger charge is -2.44. The van der Waals surface area contributed by atoms with Crippen LogP contribution in [0, 0.1) is 34.5 Å². The number of benzene rings is 4. The summed E-state index contributed by atoms with van der Waals surface area (Å²) in [6.45, 7) is 6.19. The Balaban J connectivity index is 0.000000275. The number of carboxylic acid groups (broad SMARTS) is 1. The number of halogens is 3. The Bertz CT molecular complexity index is 2590. The number of nitrogens with zero attached hydrogens (tertiary/aromatic N) is 2. The van der Waals surface area contributed by atoms with Gasteiger partial charge in [0.2, 0.25) is 0 Å². The van der Waals surface area contributed by atoms with Crippen LogP contribution in [-0.2, 0) is 46.2 Å². The maximum absolute atomic E-state index is 12.0. The summed E-state index contributed by atoms with van der Waals surface area (Å²) in [4.78, 5) is 34.1. The van der Waals surface area contributed by atoms with Crippen molar-refractivity contribution in [2.75, 3.05) is 6.61 Å². The standard InChI is InChI=1S/C29H33NO5.C23H25NO5.C6H10O2.FI.HI.H2O/c1-5-26-17(2)27(33-18(3)31)29(34-19(4)32)28(35-26)23-12-13-24(16-30)25(15-23)14-20-6-8-21(9-7-20)22-10-11-22;24-11-17-8-7-16(23-22(28)21(27)20(26)19(12-25)29-23)10-18(17)9-13-1-3-14(4-2-13)15-5-6-15;7-6(8)5-3-1-2-4-5;1-2;;/h6-9,12-13,15,17,22,26-29H,5,10-11,14H2,1-4H3;1-4,7-8,10,15,19-23,25-28H,5-6,9,12H2;5H,1-4H2,(H,7,8);;1H;1H2/t17-,26-,27+,28+,29-;19-,20-,21+,22-,23+;;;;/m11..../s1. The summed E-state index contributed by atoms with van der Waals surface area (Å²) < 4.78 is 32.9. The molecule has 0 unspecified atom stereocenters. The Morgan fingerprint density at radius 1 is 0.645 bits per heavy atom. The molecule has 10 atom stereocenters. The van der Waals surface area contributed by atoms with Crippen LogP contribution >= 0.6 is 47.1 Å². The van der Waals surface area contributed by atoms with Gasteiger partial charge in [-0.15, -0.1) is 24.0 Å². The van der Waals surface area contributed by atoms with E-state index in [9.17, 15) is 48.2 Å². The Kier molecular flexibility index (Phi) is 25.7. The minimum atomic E-state index is -1.43. The van der Waals surface area contributed by atoms with Crippen molar-refractivity contribution in [1.82, 2.24) is 0 Å². The number of aliphatic hydroxyl groups excluding tert-OH is 4. The van der Waals surface area contributed by atoms with Crippen molar-refractivity contribution in [2.24, 2.45) is 11.8 Å². The van der Waals surface area contributed by atoms with Gasteiger partial charge < -0.3 is 50.0 Å². The van der Waals surface area contributed by atoms with Crippen LogP contribution < -0.4 is 0 Å². The smallest absolute Gasteiger partial charge is 0.306 e. The number of nitriles is 2. The molecule has 18 heteroatoms. The summed E-state index contributed by atoms with van der Waals surface area (Å²) in [5.41, 5.74) is 9.11. The normalized spacial score (nSPS) is 25.5. The van der Waals surface area contributed by atoms with E-state index >= 15 is 0 Å². The average molecular weight is 1280 g/mol. The summed E-state index contributed by atoms with van der Waals surface area (Å²) in [7, 11) is 0. The summed E-state index contributed by atoms with van der Waals surface area (Å²) in [5, 5.41) is 67.5. The van der Waals surface area contributed by atoms with Crippen LogP contribution in [0.25, 0.3) is 0 Å². The molecule has 76 heavy (non-hydrogen) atoms. The van der Waals surface area contributed by atoms with E-state index < -0.39 is 73.3 Å². The highest BCUT2D eigenvalue weighted by Gasteiger charge is 2.48. The molecule has 5 fully saturated rings. The predicted molar refractivity (Wildman–Crippen MR) is 299 cm³/mol. The van der Waals surface area contributed by atoms with E-state index in [2.05, 4.69) is 60.7 Å². The van der Waals surface area contributed by atoms with Crippen LogP contribution in [0.15, 0.2) is 84.9 Å². The molecule has 3 aliphatic carbocycles. The zero-order chi connectivity index (χ0) is 53.6. The topological polar surface area (TPSA) is 268 Å². The lowest BCUT2D eigenvalue weighted by atomic mass is 9.83. The van der Waals surface area contributed by atoms with Crippen molar-refractivity contribution < 1.29 is 67.2 Å². The number of carbonyl (C=O) groups is 3. The Labute approximate surface area is 476 Å². The zero-order valence-corrected chi connectivity index (χ0v) is 47.7. The van der Waals surface area contributed by atoms with E-state index in [0.29, 0.717) is 64.5 Å². The second-order valence-corrected chi connectivity index (χ2v) is 20.0. The molecule has 412 valence electrons. The Morgan fingerprint density at radius 3 is 1.45 bits per heavy atom. The van der Waals surface area contributed by atoms with Crippen molar-refractivity contribution in [2.45, 2.75) is 165 Å². The van der Waals surface area contributed by atoms with Gasteiger partial charge in [0.1, 0.15) is 42.7 Å². The molecule has 9 rings (SSSR count). The number of aliphatic hydroxyl groups is 4. The van der Waals surface area contributed by atoms with Crippen LogP contribution in [-0.4, -0.2) is 98.3 Å². The van der Waals surface area contributed by atoms with Crippen molar-refractivity contribution in [3.63, 3.8) is 0 Å². The molecule has 4 aromatic carbocycles. The van der Waals surface area contributed by atoms with Gasteiger partial charge in [0.05, 0.1) is 41.9 Å². The molecule has 2 heterocycles. The number of hydrogen-bond donors (Lipinski definition) is 5. The lowest BCUT2D eigenvalue weighted by molar-refractivity contribution is -0.231. The number of ether oxygens (including phenoxy) is 4. The highest BCUT2D eigenvalue weighted by atomic mass is 127. The third-order valence-corrected chi connectivity index (χ3v) is 14.7. The first-order chi connectivity index (χ1) is 35.6. The SMILES string of the molecule is CC[C@H]1O[C@@H](c2ccc(C#N)c(Cc3ccc(C4CC4)cc3)c2)[C@H](OC(C)=O)[C@@H](OC(C)=O)[C@@H]1C.FI.I.N#Cc1ccc([C@@H]2O[C@H](CO)[C@@H](O)[C@H](O)[C@H]2O)cc1Cc1ccc(C2CC2)cc1.O.O=C(O)C1CCCC1. The molecule has 2 aliphatic heterocycles. The van der Waals surface area contributed by atoms with Gasteiger partial charge in [0, 0.05) is 19.8 Å². The van der Waals surface area contributed by atoms with Crippen LogP contribution in [0.5, 0.6) is 0 Å². The van der Waals surface area contributed by atoms with Gasteiger partial charge in [0.15, 0.2) is 29.3 Å². The fraction of sp³-hybridized carbons (Fsp3) is 0.500. The average Bonchev–Trinajstić information content (AvgIpc) is 4.36. The first-order valence-corrected chi connectivity index (χ1v) is 26.3.